The Morgan fingerprint density at radius 3 is 3.00 bits per heavy atom. The molecule has 0 aliphatic heterocycles. The molecular weight excluding hydrogens is 299 g/mol. The fourth-order valence-electron chi connectivity index (χ4n) is 0.885. The van der Waals surface area contributed by atoms with E-state index in [0.717, 1.165) is 14.6 Å². The first kappa shape index (κ1) is 10.9. The lowest BCUT2D eigenvalue weighted by Gasteiger charge is -2.06. The van der Waals surface area contributed by atoms with Crippen molar-refractivity contribution in [3.8, 4) is 0 Å². The largest absolute Gasteiger partial charge is 0.320 e. The van der Waals surface area contributed by atoms with Gasteiger partial charge in [0, 0.05) is 39.5 Å². The summed E-state index contributed by atoms with van der Waals surface area (Å²) in [5.74, 6) is 0. The minimum absolute atomic E-state index is 0.00810. The number of rotatable bonds is 3. The number of carbonyl (C=O) groups is 1. The highest BCUT2D eigenvalue weighted by atomic mass is 127. The van der Waals surface area contributed by atoms with Crippen LogP contribution in [-0.2, 0) is 11.2 Å². The normalized spacial score (nSPS) is 12.5. The second kappa shape index (κ2) is 5.56. The van der Waals surface area contributed by atoms with Crippen LogP contribution in [0.4, 0.5) is 0 Å². The van der Waals surface area contributed by atoms with Gasteiger partial charge in [0.2, 0.25) is 5.12 Å². The first-order valence-corrected chi connectivity index (χ1v) is 7.08. The van der Waals surface area contributed by atoms with Crippen molar-refractivity contribution < 1.29 is 4.79 Å². The van der Waals surface area contributed by atoms with Crippen molar-refractivity contribution >= 4 is 35.3 Å². The summed E-state index contributed by atoms with van der Waals surface area (Å²) in [6, 6.07) is 5.14. The molecule has 1 rings (SSSR count). The monoisotopic (exact) mass is 308 g/mol. The van der Waals surface area contributed by atoms with Gasteiger partial charge >= 0.3 is 0 Å². The minimum atomic E-state index is -0.447. The van der Waals surface area contributed by atoms with Crippen LogP contribution in [0.1, 0.15) is 5.69 Å². The molecule has 1 atom stereocenters. The Bertz CT molecular complexity index is 281. The van der Waals surface area contributed by atoms with Gasteiger partial charge in [-0.2, -0.15) is 0 Å². The second-order valence-electron chi connectivity index (χ2n) is 2.53. The van der Waals surface area contributed by atoms with Gasteiger partial charge in [-0.15, -0.1) is 0 Å². The topological polar surface area (TPSA) is 56.0 Å². The average molecular weight is 308 g/mol. The van der Waals surface area contributed by atoms with Crippen LogP contribution in [0.2, 0.25) is 0 Å². The fraction of sp³-hybridized carbons (Fsp3) is 0.250. The lowest BCUT2D eigenvalue weighted by molar-refractivity contribution is -0.111. The molecule has 5 heteroatoms. The molecule has 0 spiro atoms. The summed E-state index contributed by atoms with van der Waals surface area (Å²) >= 11 is 1.94. The molecule has 1 heterocycles. The Morgan fingerprint density at radius 2 is 2.46 bits per heavy atom. The van der Waals surface area contributed by atoms with Crippen molar-refractivity contribution in [1.29, 1.82) is 0 Å². The number of aromatic nitrogens is 1. The molecule has 0 amide bonds. The van der Waals surface area contributed by atoms with E-state index in [4.69, 9.17) is 5.73 Å². The first-order chi connectivity index (χ1) is 6.24. The zero-order chi connectivity index (χ0) is 9.68. The Balaban J connectivity index is 2.55. The summed E-state index contributed by atoms with van der Waals surface area (Å²) in [5, 5.41) is -0.00810. The van der Waals surface area contributed by atoms with Gasteiger partial charge in [0.25, 0.3) is 0 Å². The quantitative estimate of drug-likeness (QED) is 0.861. The maximum absolute atomic E-state index is 11.1. The van der Waals surface area contributed by atoms with E-state index in [0.29, 0.717) is 6.42 Å². The van der Waals surface area contributed by atoms with Crippen molar-refractivity contribution in [2.45, 2.75) is 12.5 Å². The number of pyridine rings is 1. The van der Waals surface area contributed by atoms with E-state index in [9.17, 15) is 4.79 Å². The van der Waals surface area contributed by atoms with E-state index in [-0.39, 0.29) is 5.12 Å². The molecule has 0 bridgehead atoms. The predicted molar refractivity (Wildman–Crippen MR) is 62.5 cm³/mol. The number of hydrogen-bond donors (Lipinski definition) is 1. The molecule has 70 valence electrons. The van der Waals surface area contributed by atoms with Gasteiger partial charge in [-0.3, -0.25) is 9.78 Å². The van der Waals surface area contributed by atoms with Gasteiger partial charge in [0.15, 0.2) is 0 Å². The Hall–Kier alpha value is -0.140. The third-order valence-corrected chi connectivity index (χ3v) is 3.29. The van der Waals surface area contributed by atoms with Gasteiger partial charge in [-0.25, -0.2) is 0 Å². The molecule has 0 saturated carbocycles. The summed E-state index contributed by atoms with van der Waals surface area (Å²) in [4.78, 5) is 15.2. The lowest BCUT2D eigenvalue weighted by atomic mass is 10.2. The second-order valence-corrected chi connectivity index (χ2v) is 4.41. The van der Waals surface area contributed by atoms with Crippen LogP contribution in [0.25, 0.3) is 0 Å². The molecule has 1 aromatic heterocycles. The third-order valence-electron chi connectivity index (χ3n) is 1.53. The Kier molecular flexibility index (Phi) is 4.68. The maximum Gasteiger partial charge on any atom is 0.216 e. The smallest absolute Gasteiger partial charge is 0.216 e. The van der Waals surface area contributed by atoms with E-state index in [1.54, 1.807) is 6.20 Å². The highest BCUT2D eigenvalue weighted by molar-refractivity contribution is 14.2. The third kappa shape index (κ3) is 3.61. The maximum atomic E-state index is 11.1. The Labute approximate surface area is 93.1 Å². The number of carbonyl (C=O) groups excluding carboxylic acids is 1. The molecule has 0 aromatic carbocycles. The van der Waals surface area contributed by atoms with Crippen molar-refractivity contribution in [2.24, 2.45) is 5.73 Å². The summed E-state index contributed by atoms with van der Waals surface area (Å²) in [6.07, 6.45) is 2.21. The van der Waals surface area contributed by atoms with E-state index in [1.165, 1.54) is 0 Å². The molecule has 3 nitrogen and oxygen atoms in total. The van der Waals surface area contributed by atoms with Crippen LogP contribution in [0.15, 0.2) is 24.4 Å². The molecule has 0 unspecified atom stereocenters. The molecule has 0 radical (unpaired) electrons. The Morgan fingerprint density at radius 1 is 1.69 bits per heavy atom. The molecule has 0 aliphatic rings. The summed E-state index contributed by atoms with van der Waals surface area (Å²) in [7, 11) is 1.13. The number of nitrogens with two attached hydrogens (primary N) is 1. The van der Waals surface area contributed by atoms with Crippen LogP contribution in [0.5, 0.6) is 0 Å². The van der Waals surface area contributed by atoms with Gasteiger partial charge in [-0.05, 0) is 21.1 Å². The molecule has 0 saturated heterocycles. The van der Waals surface area contributed by atoms with E-state index < -0.39 is 6.04 Å². The SMILES string of the molecule is N[C@@H](Cc1ccccn1)C(=O)SI. The van der Waals surface area contributed by atoms with E-state index in [2.05, 4.69) is 4.98 Å². The van der Waals surface area contributed by atoms with Crippen molar-refractivity contribution in [1.82, 2.24) is 4.98 Å². The minimum Gasteiger partial charge on any atom is -0.320 e. The zero-order valence-electron chi connectivity index (χ0n) is 6.81. The predicted octanol–water partition coefficient (Wildman–Crippen LogP) is 1.56. The zero-order valence-corrected chi connectivity index (χ0v) is 9.79. The van der Waals surface area contributed by atoms with Gasteiger partial charge < -0.3 is 5.73 Å². The number of halogens is 1. The van der Waals surface area contributed by atoms with Crippen molar-refractivity contribution in [3.63, 3.8) is 0 Å². The van der Waals surface area contributed by atoms with Gasteiger partial charge in [-0.1, -0.05) is 6.07 Å². The van der Waals surface area contributed by atoms with Crippen LogP contribution in [0.3, 0.4) is 0 Å². The molecule has 1 aromatic rings. The summed E-state index contributed by atoms with van der Waals surface area (Å²) in [6.45, 7) is 0. The van der Waals surface area contributed by atoms with Gasteiger partial charge in [0.1, 0.15) is 0 Å². The lowest BCUT2D eigenvalue weighted by Crippen LogP contribution is -2.30. The highest BCUT2D eigenvalue weighted by Crippen LogP contribution is 2.15. The number of nitrogens with zero attached hydrogens (tertiary/aromatic N) is 1. The van der Waals surface area contributed by atoms with Crippen LogP contribution in [-0.4, -0.2) is 16.1 Å². The van der Waals surface area contributed by atoms with E-state index >= 15 is 0 Å². The highest BCUT2D eigenvalue weighted by Gasteiger charge is 2.13. The summed E-state index contributed by atoms with van der Waals surface area (Å²) < 4.78 is 0. The number of hydrogen-bond acceptors (Lipinski definition) is 4. The van der Waals surface area contributed by atoms with Crippen LogP contribution in [0, 0.1) is 0 Å². The van der Waals surface area contributed by atoms with Crippen molar-refractivity contribution in [2.75, 3.05) is 0 Å². The average Bonchev–Trinajstić information content (AvgIpc) is 2.18. The molecule has 0 fully saturated rings. The molecule has 13 heavy (non-hydrogen) atoms. The molecule has 2 N–H and O–H groups in total. The van der Waals surface area contributed by atoms with Crippen LogP contribution >= 0.6 is 30.1 Å². The summed E-state index contributed by atoms with van der Waals surface area (Å²) in [5.41, 5.74) is 6.50. The van der Waals surface area contributed by atoms with Crippen LogP contribution < -0.4 is 5.73 Å². The van der Waals surface area contributed by atoms with Crippen molar-refractivity contribution in [3.05, 3.63) is 30.1 Å². The molecular formula is C8H9IN2OS. The standard InChI is InChI=1S/C8H9IN2OS/c9-13-8(12)7(10)5-6-3-1-2-4-11-6/h1-4,7H,5,10H2/t7-/m0/s1. The molecule has 0 aliphatic carbocycles. The fourth-order valence-corrected chi connectivity index (χ4v) is 2.06. The van der Waals surface area contributed by atoms with Gasteiger partial charge in [0.05, 0.1) is 6.04 Å². The first-order valence-electron chi connectivity index (χ1n) is 3.72. The van der Waals surface area contributed by atoms with E-state index in [1.807, 2.05) is 39.4 Å².